The van der Waals surface area contributed by atoms with Gasteiger partial charge in [0.1, 0.15) is 11.2 Å². The molecule has 0 bridgehead atoms. The first-order chi connectivity index (χ1) is 14.7. The number of rotatable bonds is 14. The topological polar surface area (TPSA) is 43.2 Å². The van der Waals surface area contributed by atoms with Crippen molar-refractivity contribution in [2.45, 2.75) is 149 Å². The van der Waals surface area contributed by atoms with Crippen molar-refractivity contribution in [1.29, 1.82) is 0 Å². The van der Waals surface area contributed by atoms with Crippen LogP contribution in [0, 0.1) is 11.8 Å². The summed E-state index contributed by atoms with van der Waals surface area (Å²) in [6, 6.07) is 0.513. The molecule has 0 aromatic carbocycles. The van der Waals surface area contributed by atoms with Crippen molar-refractivity contribution in [2.24, 2.45) is 21.8 Å². The SMILES string of the molecule is CCCC1(CCC)OC(CC2=N[C@H](CC(C)C)C(CCC)(CCC)O2)=N[C@@H]1CC(C)C.[Br-].[Br-].[Pd+2]. The molecule has 2 atom stereocenters. The van der Waals surface area contributed by atoms with Gasteiger partial charge in [-0.3, -0.25) is 0 Å². The third-order valence-corrected chi connectivity index (χ3v) is 6.84. The molecule has 2 aliphatic heterocycles. The molecule has 204 valence electrons. The summed E-state index contributed by atoms with van der Waals surface area (Å²) < 4.78 is 13.4. The standard InChI is InChI=1S/C27H50N2O2.2BrH.Pd/c1-9-13-26(14-10-2)22(17-20(5)6)28-24(30-26)19-25-29-23(18-21(7)8)27(31-25,15-11-3)16-12-4;;;/h20-23H,9-19H2,1-8H3;2*1H;/q;;;+2/p-2/t22-,23-;;;/m1.../s1. The van der Waals surface area contributed by atoms with E-state index in [0.717, 1.165) is 76.0 Å². The molecular weight excluding hydrogens is 651 g/mol. The van der Waals surface area contributed by atoms with Crippen LogP contribution in [-0.2, 0) is 29.9 Å². The summed E-state index contributed by atoms with van der Waals surface area (Å²) >= 11 is 0. The molecule has 0 unspecified atom stereocenters. The molecule has 7 heteroatoms. The molecule has 0 saturated heterocycles. The third kappa shape index (κ3) is 9.46. The minimum atomic E-state index is -0.135. The van der Waals surface area contributed by atoms with E-state index in [4.69, 9.17) is 19.5 Å². The normalized spacial score (nSPS) is 22.2. The summed E-state index contributed by atoms with van der Waals surface area (Å²) in [5.41, 5.74) is -0.271. The van der Waals surface area contributed by atoms with Crippen molar-refractivity contribution in [1.82, 2.24) is 0 Å². The Morgan fingerprint density at radius 1 is 0.647 bits per heavy atom. The van der Waals surface area contributed by atoms with Crippen molar-refractivity contribution >= 4 is 11.8 Å². The maximum Gasteiger partial charge on any atom is 2.00 e. The van der Waals surface area contributed by atoms with Gasteiger partial charge in [0.25, 0.3) is 0 Å². The van der Waals surface area contributed by atoms with Gasteiger partial charge in [-0.05, 0) is 50.4 Å². The number of hydrogen-bond acceptors (Lipinski definition) is 4. The fourth-order valence-electron chi connectivity index (χ4n) is 5.78. The fourth-order valence-corrected chi connectivity index (χ4v) is 5.78. The maximum atomic E-state index is 6.70. The quantitative estimate of drug-likeness (QED) is 0.260. The Bertz CT molecular complexity index is 562. The van der Waals surface area contributed by atoms with Crippen LogP contribution >= 0.6 is 0 Å². The van der Waals surface area contributed by atoms with Crippen LogP contribution in [0.15, 0.2) is 9.98 Å². The zero-order valence-electron chi connectivity index (χ0n) is 22.9. The Labute approximate surface area is 245 Å². The Hall–Kier alpha value is 0.562. The van der Waals surface area contributed by atoms with Gasteiger partial charge in [-0.25, -0.2) is 9.98 Å². The first kappa shape index (κ1) is 36.7. The number of nitrogens with zero attached hydrogens (tertiary/aromatic N) is 2. The molecule has 0 aromatic rings. The van der Waals surface area contributed by atoms with Crippen molar-refractivity contribution in [2.75, 3.05) is 0 Å². The average molecular weight is 701 g/mol. The van der Waals surface area contributed by atoms with Crippen molar-refractivity contribution < 1.29 is 63.9 Å². The molecule has 0 radical (unpaired) electrons. The summed E-state index contributed by atoms with van der Waals surface area (Å²) in [6.45, 7) is 18.2. The Balaban J connectivity index is 0. The molecule has 2 heterocycles. The molecular formula is C27H50Br2N2O2Pd. The van der Waals surface area contributed by atoms with Gasteiger partial charge in [-0.1, -0.05) is 81.1 Å². The molecule has 4 nitrogen and oxygen atoms in total. The van der Waals surface area contributed by atoms with Crippen LogP contribution in [-0.4, -0.2) is 35.1 Å². The first-order valence-electron chi connectivity index (χ1n) is 13.2. The van der Waals surface area contributed by atoms with E-state index in [0.29, 0.717) is 18.3 Å². The van der Waals surface area contributed by atoms with Crippen molar-refractivity contribution in [3.05, 3.63) is 0 Å². The van der Waals surface area contributed by atoms with Crippen molar-refractivity contribution in [3.63, 3.8) is 0 Å². The van der Waals surface area contributed by atoms with Crippen LogP contribution in [0.1, 0.15) is 126 Å². The van der Waals surface area contributed by atoms with Crippen LogP contribution in [0.3, 0.4) is 0 Å². The van der Waals surface area contributed by atoms with Gasteiger partial charge in [0.2, 0.25) is 0 Å². The third-order valence-electron chi connectivity index (χ3n) is 6.84. The molecule has 0 N–H and O–H groups in total. The Morgan fingerprint density at radius 3 is 1.18 bits per heavy atom. The fraction of sp³-hybridized carbons (Fsp3) is 0.926. The summed E-state index contributed by atoms with van der Waals surface area (Å²) in [7, 11) is 0. The van der Waals surface area contributed by atoms with Crippen molar-refractivity contribution in [3.8, 4) is 0 Å². The summed E-state index contributed by atoms with van der Waals surface area (Å²) in [5, 5.41) is 0. The molecule has 0 aromatic heterocycles. The molecule has 0 fully saturated rings. The predicted octanol–water partition coefficient (Wildman–Crippen LogP) is 1.75. The van der Waals surface area contributed by atoms with E-state index in [-0.39, 0.29) is 77.7 Å². The monoisotopic (exact) mass is 698 g/mol. The Kier molecular flexibility index (Phi) is 18.5. The van der Waals surface area contributed by atoms with Crippen LogP contribution in [0.25, 0.3) is 0 Å². The summed E-state index contributed by atoms with van der Waals surface area (Å²) in [5.74, 6) is 2.95. The van der Waals surface area contributed by atoms with Crippen LogP contribution in [0.5, 0.6) is 0 Å². The smallest absolute Gasteiger partial charge is 1.00 e. The van der Waals surface area contributed by atoms with Gasteiger partial charge in [0.15, 0.2) is 11.8 Å². The zero-order chi connectivity index (χ0) is 23.1. The number of hydrogen-bond donors (Lipinski definition) is 0. The molecule has 34 heavy (non-hydrogen) atoms. The van der Waals surface area contributed by atoms with Gasteiger partial charge >= 0.3 is 20.4 Å². The van der Waals surface area contributed by atoms with E-state index in [1.54, 1.807) is 0 Å². The van der Waals surface area contributed by atoms with Gasteiger partial charge in [0.05, 0.1) is 18.5 Å². The molecule has 0 spiro atoms. The van der Waals surface area contributed by atoms with Gasteiger partial charge in [0, 0.05) is 0 Å². The van der Waals surface area contributed by atoms with Crippen LogP contribution < -0.4 is 34.0 Å². The second-order valence-corrected chi connectivity index (χ2v) is 10.8. The molecule has 0 saturated carbocycles. The van der Waals surface area contributed by atoms with Crippen LogP contribution in [0.4, 0.5) is 0 Å². The number of halogens is 2. The summed E-state index contributed by atoms with van der Waals surface area (Å²) in [4.78, 5) is 10.3. The van der Waals surface area contributed by atoms with Gasteiger partial charge in [-0.2, -0.15) is 0 Å². The minimum absolute atomic E-state index is 0. The maximum absolute atomic E-state index is 6.70. The molecule has 0 aliphatic carbocycles. The number of ether oxygens (including phenoxy) is 2. The minimum Gasteiger partial charge on any atom is -1.00 e. The van der Waals surface area contributed by atoms with E-state index in [1.165, 1.54) is 0 Å². The predicted molar refractivity (Wildman–Crippen MR) is 133 cm³/mol. The van der Waals surface area contributed by atoms with E-state index >= 15 is 0 Å². The molecule has 2 rings (SSSR count). The Morgan fingerprint density at radius 2 is 0.941 bits per heavy atom. The van der Waals surface area contributed by atoms with E-state index < -0.39 is 0 Å². The average Bonchev–Trinajstić information content (AvgIpc) is 3.14. The zero-order valence-corrected chi connectivity index (χ0v) is 27.6. The summed E-state index contributed by atoms with van der Waals surface area (Å²) in [6.07, 6.45) is 11.6. The van der Waals surface area contributed by atoms with E-state index in [1.807, 2.05) is 0 Å². The van der Waals surface area contributed by atoms with E-state index in [2.05, 4.69) is 55.4 Å². The largest absolute Gasteiger partial charge is 2.00 e. The van der Waals surface area contributed by atoms with E-state index in [9.17, 15) is 0 Å². The second-order valence-electron chi connectivity index (χ2n) is 10.8. The molecule has 0 amide bonds. The number of aliphatic imine (C=N–C) groups is 2. The van der Waals surface area contributed by atoms with Gasteiger partial charge < -0.3 is 43.4 Å². The second kappa shape index (κ2) is 17.1. The van der Waals surface area contributed by atoms with Gasteiger partial charge in [-0.15, -0.1) is 0 Å². The van der Waals surface area contributed by atoms with Crippen LogP contribution in [0.2, 0.25) is 0 Å². The first-order valence-corrected chi connectivity index (χ1v) is 13.2. The molecule has 2 aliphatic rings.